The van der Waals surface area contributed by atoms with E-state index >= 15 is 0 Å². The fourth-order valence-corrected chi connectivity index (χ4v) is 2.59. The van der Waals surface area contributed by atoms with Gasteiger partial charge in [-0.2, -0.15) is 0 Å². The molecule has 0 heterocycles. The third-order valence-corrected chi connectivity index (χ3v) is 3.92. The molecule has 0 radical (unpaired) electrons. The van der Waals surface area contributed by atoms with Crippen molar-refractivity contribution in [1.82, 2.24) is 0 Å². The van der Waals surface area contributed by atoms with Crippen LogP contribution in [0.1, 0.15) is 46.5 Å². The smallest absolute Gasteiger partial charge is 0.00863 e. The van der Waals surface area contributed by atoms with Crippen molar-refractivity contribution in [3.05, 3.63) is 0 Å². The van der Waals surface area contributed by atoms with Gasteiger partial charge in [-0.15, -0.1) is 5.67 Å². The summed E-state index contributed by atoms with van der Waals surface area (Å²) >= 11 is 0. The quantitative estimate of drug-likeness (QED) is 0.537. The Hall–Kier alpha value is 0.0869. The highest BCUT2D eigenvalue weighted by molar-refractivity contribution is 6.48. The van der Waals surface area contributed by atoms with Gasteiger partial charge in [-0.1, -0.05) is 40.0 Å². The zero-order chi connectivity index (χ0) is 7.82. The average molecular weight is 156 g/mol. The Bertz CT molecular complexity index is 86.7. The summed E-state index contributed by atoms with van der Waals surface area (Å²) in [5.74, 6) is 0. The summed E-state index contributed by atoms with van der Waals surface area (Å²) in [5, 5.41) is 0. The summed E-state index contributed by atoms with van der Waals surface area (Å²) in [5.41, 5.74) is 3.54. The van der Waals surface area contributed by atoms with Crippen LogP contribution in [0.5, 0.6) is 0 Å². The van der Waals surface area contributed by atoms with Crippen molar-refractivity contribution in [3.63, 3.8) is 0 Å². The van der Waals surface area contributed by atoms with Crippen molar-refractivity contribution in [2.45, 2.75) is 52.0 Å². The maximum absolute atomic E-state index is 2.49. The molecular formula is C9H20Si. The van der Waals surface area contributed by atoms with Crippen molar-refractivity contribution in [3.8, 4) is 0 Å². The molecule has 0 aliphatic heterocycles. The van der Waals surface area contributed by atoms with Crippen LogP contribution in [0.15, 0.2) is 0 Å². The molecule has 0 amide bonds. The normalized spacial score (nSPS) is 14.3. The standard InChI is InChI=1S/C9H20Si/c1-4-7-9(6-3)10-8-5-2/h8-10H,4-7H2,1-3H3. The van der Waals surface area contributed by atoms with E-state index in [1.807, 2.05) is 0 Å². The van der Waals surface area contributed by atoms with Crippen LogP contribution in [-0.4, -0.2) is 14.8 Å². The predicted octanol–water partition coefficient (Wildman–Crippen LogP) is 2.63. The van der Waals surface area contributed by atoms with Crippen LogP contribution in [0.25, 0.3) is 0 Å². The molecule has 0 N–H and O–H groups in total. The second-order valence-corrected chi connectivity index (χ2v) is 4.59. The largest absolute Gasteiger partial charge is 0.106 e. The topological polar surface area (TPSA) is 0 Å². The highest BCUT2D eigenvalue weighted by atomic mass is 28.2. The Morgan fingerprint density at radius 1 is 1.30 bits per heavy atom. The fourth-order valence-electron chi connectivity index (χ4n) is 1.14. The molecule has 0 aliphatic rings. The molecule has 10 heavy (non-hydrogen) atoms. The van der Waals surface area contributed by atoms with Crippen LogP contribution in [0, 0.1) is 0 Å². The minimum absolute atomic E-state index is 0.647. The molecule has 0 bridgehead atoms. The highest BCUT2D eigenvalue weighted by Gasteiger charge is 1.97. The molecule has 1 atom stereocenters. The maximum atomic E-state index is 2.49. The van der Waals surface area contributed by atoms with Gasteiger partial charge in [-0.3, -0.25) is 0 Å². The Morgan fingerprint density at radius 3 is 2.40 bits per heavy atom. The van der Waals surface area contributed by atoms with Crippen molar-refractivity contribution >= 4 is 14.8 Å². The van der Waals surface area contributed by atoms with Gasteiger partial charge < -0.3 is 0 Å². The Labute approximate surface area is 67.5 Å². The van der Waals surface area contributed by atoms with Crippen molar-refractivity contribution in [1.29, 1.82) is 0 Å². The summed E-state index contributed by atoms with van der Waals surface area (Å²) in [6.07, 6.45) is 5.47. The van der Waals surface area contributed by atoms with Gasteiger partial charge in [0.25, 0.3) is 0 Å². The minimum Gasteiger partial charge on any atom is -0.106 e. The second kappa shape index (κ2) is 7.20. The molecule has 0 aromatic carbocycles. The highest BCUT2D eigenvalue weighted by Crippen LogP contribution is 2.12. The first-order valence-electron chi connectivity index (χ1n) is 4.51. The first-order chi connectivity index (χ1) is 4.85. The Morgan fingerprint density at radius 2 is 2.00 bits per heavy atom. The van der Waals surface area contributed by atoms with Gasteiger partial charge in [0.2, 0.25) is 0 Å². The van der Waals surface area contributed by atoms with E-state index in [1.54, 1.807) is 0 Å². The molecule has 1 unspecified atom stereocenters. The zero-order valence-electron chi connectivity index (χ0n) is 7.56. The molecule has 1 heteroatoms. The summed E-state index contributed by atoms with van der Waals surface area (Å²) in [6.45, 7) is 6.84. The molecule has 0 fully saturated rings. The predicted molar refractivity (Wildman–Crippen MR) is 52.5 cm³/mol. The van der Waals surface area contributed by atoms with E-state index in [-0.39, 0.29) is 0 Å². The third kappa shape index (κ3) is 4.92. The lowest BCUT2D eigenvalue weighted by molar-refractivity contribution is 0.698. The van der Waals surface area contributed by atoms with E-state index < -0.39 is 0 Å². The Balaban J connectivity index is 3.48. The summed E-state index contributed by atoms with van der Waals surface area (Å²) in [6, 6.07) is 0. The van der Waals surface area contributed by atoms with Gasteiger partial charge in [0, 0.05) is 0 Å². The van der Waals surface area contributed by atoms with E-state index in [1.165, 1.54) is 25.7 Å². The number of rotatable bonds is 5. The third-order valence-electron chi connectivity index (χ3n) is 1.83. The van der Waals surface area contributed by atoms with E-state index in [2.05, 4.69) is 26.4 Å². The number of hydrogen-bond donors (Lipinski definition) is 0. The molecule has 60 valence electrons. The molecule has 0 aromatic heterocycles. The van der Waals surface area contributed by atoms with Crippen LogP contribution >= 0.6 is 0 Å². The minimum atomic E-state index is 0.647. The van der Waals surface area contributed by atoms with Gasteiger partial charge >= 0.3 is 0 Å². The maximum Gasteiger partial charge on any atom is -0.00863 e. The number of hydrogen-bond acceptors (Lipinski definition) is 0. The Kier molecular flexibility index (Phi) is 7.26. The van der Waals surface area contributed by atoms with Gasteiger partial charge in [0.05, 0.1) is 0 Å². The first kappa shape index (κ1) is 10.1. The summed E-state index contributed by atoms with van der Waals surface area (Å²) in [4.78, 5) is 0. The molecule has 0 aromatic rings. The van der Waals surface area contributed by atoms with Crippen molar-refractivity contribution in [2.24, 2.45) is 0 Å². The van der Waals surface area contributed by atoms with Gasteiger partial charge in [0.15, 0.2) is 0 Å². The molecule has 0 aliphatic carbocycles. The lowest BCUT2D eigenvalue weighted by atomic mass is 10.2. The molecule has 0 saturated heterocycles. The monoisotopic (exact) mass is 156 g/mol. The lowest BCUT2D eigenvalue weighted by Gasteiger charge is -2.05. The van der Waals surface area contributed by atoms with E-state index in [0.29, 0.717) is 9.13 Å². The van der Waals surface area contributed by atoms with E-state index in [4.69, 9.17) is 0 Å². The van der Waals surface area contributed by atoms with Gasteiger partial charge in [0.1, 0.15) is 0 Å². The fraction of sp³-hybridized carbons (Fsp3) is 0.889. The SMILES string of the molecule is CCC=[SiH]C(CC)CCC. The van der Waals surface area contributed by atoms with Crippen LogP contribution in [0.4, 0.5) is 0 Å². The van der Waals surface area contributed by atoms with Crippen LogP contribution in [-0.2, 0) is 0 Å². The molecule has 0 nitrogen and oxygen atoms in total. The molecule has 0 spiro atoms. The van der Waals surface area contributed by atoms with E-state index in [9.17, 15) is 0 Å². The molecular weight excluding hydrogens is 136 g/mol. The van der Waals surface area contributed by atoms with Crippen LogP contribution < -0.4 is 0 Å². The van der Waals surface area contributed by atoms with Crippen LogP contribution in [0.2, 0.25) is 5.54 Å². The van der Waals surface area contributed by atoms with Crippen molar-refractivity contribution in [2.75, 3.05) is 0 Å². The first-order valence-corrected chi connectivity index (χ1v) is 5.85. The summed E-state index contributed by atoms with van der Waals surface area (Å²) < 4.78 is 0. The summed E-state index contributed by atoms with van der Waals surface area (Å²) in [7, 11) is 0.647. The van der Waals surface area contributed by atoms with E-state index in [0.717, 1.165) is 5.54 Å². The second-order valence-electron chi connectivity index (χ2n) is 2.79. The molecule has 0 saturated carbocycles. The van der Waals surface area contributed by atoms with Crippen molar-refractivity contribution < 1.29 is 0 Å². The zero-order valence-corrected chi connectivity index (χ0v) is 8.72. The van der Waals surface area contributed by atoms with Crippen LogP contribution in [0.3, 0.4) is 0 Å². The van der Waals surface area contributed by atoms with Gasteiger partial charge in [-0.25, -0.2) is 0 Å². The van der Waals surface area contributed by atoms with Gasteiger partial charge in [-0.05, 0) is 21.1 Å². The lowest BCUT2D eigenvalue weighted by Crippen LogP contribution is -1.96. The molecule has 0 rings (SSSR count). The average Bonchev–Trinajstić information content (AvgIpc) is 1.98.